The molecule has 4 fully saturated rings. The van der Waals surface area contributed by atoms with Crippen LogP contribution in [0, 0.1) is 17.8 Å². The molecular weight excluding hydrogens is 236 g/mol. The number of hydrogen-bond acceptors (Lipinski definition) is 1. The van der Waals surface area contributed by atoms with Gasteiger partial charge in [-0.25, -0.2) is 4.79 Å². The monoisotopic (exact) mass is 264 g/mol. The molecule has 0 aromatic heterocycles. The molecular formula is C16H28N2O. The van der Waals surface area contributed by atoms with Gasteiger partial charge in [0.05, 0.1) is 0 Å². The van der Waals surface area contributed by atoms with Gasteiger partial charge in [-0.1, -0.05) is 13.3 Å². The van der Waals surface area contributed by atoms with Gasteiger partial charge >= 0.3 is 6.03 Å². The first-order valence-electron chi connectivity index (χ1n) is 8.13. The summed E-state index contributed by atoms with van der Waals surface area (Å²) in [5, 5.41) is 3.42. The lowest BCUT2D eigenvalue weighted by Gasteiger charge is -2.57. The van der Waals surface area contributed by atoms with Gasteiger partial charge in [-0.15, -0.1) is 0 Å². The number of nitrogens with zero attached hydrogens (tertiary/aromatic N) is 1. The van der Waals surface area contributed by atoms with Crippen LogP contribution in [0.4, 0.5) is 4.79 Å². The Labute approximate surface area is 117 Å². The summed E-state index contributed by atoms with van der Waals surface area (Å²) in [5.41, 5.74) is 0.159. The number of carbonyl (C=O) groups is 1. The molecule has 19 heavy (non-hydrogen) atoms. The molecule has 0 unspecified atom stereocenters. The summed E-state index contributed by atoms with van der Waals surface area (Å²) in [6.07, 6.45) is 10.3. The van der Waals surface area contributed by atoms with Crippen LogP contribution >= 0.6 is 0 Å². The van der Waals surface area contributed by atoms with Gasteiger partial charge in [0, 0.05) is 19.1 Å². The molecule has 0 saturated heterocycles. The van der Waals surface area contributed by atoms with Crippen LogP contribution in [-0.2, 0) is 0 Å². The first-order valence-corrected chi connectivity index (χ1v) is 8.13. The second-order valence-corrected chi connectivity index (χ2v) is 7.40. The lowest BCUT2D eigenvalue weighted by atomic mass is 9.53. The zero-order chi connectivity index (χ0) is 13.5. The second-order valence-electron chi connectivity index (χ2n) is 7.40. The van der Waals surface area contributed by atoms with E-state index < -0.39 is 0 Å². The van der Waals surface area contributed by atoms with E-state index in [1.54, 1.807) is 0 Å². The molecule has 1 N–H and O–H groups in total. The second kappa shape index (κ2) is 4.99. The Morgan fingerprint density at radius 1 is 1.16 bits per heavy atom. The Morgan fingerprint density at radius 2 is 1.68 bits per heavy atom. The van der Waals surface area contributed by atoms with E-state index in [0.717, 1.165) is 37.1 Å². The molecule has 108 valence electrons. The fourth-order valence-electron chi connectivity index (χ4n) is 5.08. The molecule has 4 aliphatic rings. The predicted molar refractivity (Wildman–Crippen MR) is 77.0 cm³/mol. The number of carbonyl (C=O) groups excluding carboxylic acids is 1. The largest absolute Gasteiger partial charge is 0.333 e. The van der Waals surface area contributed by atoms with Gasteiger partial charge in [-0.05, 0) is 62.7 Å². The highest BCUT2D eigenvalue weighted by Gasteiger charge is 2.51. The minimum Gasteiger partial charge on any atom is -0.333 e. The van der Waals surface area contributed by atoms with Crippen LogP contribution in [0.2, 0.25) is 0 Å². The summed E-state index contributed by atoms with van der Waals surface area (Å²) in [7, 11) is 1.94. The number of hydrogen-bond donors (Lipinski definition) is 1. The van der Waals surface area contributed by atoms with Crippen molar-refractivity contribution in [2.75, 3.05) is 13.6 Å². The van der Waals surface area contributed by atoms with Gasteiger partial charge in [-0.2, -0.15) is 0 Å². The van der Waals surface area contributed by atoms with Crippen molar-refractivity contribution in [2.24, 2.45) is 17.8 Å². The highest BCUT2D eigenvalue weighted by molar-refractivity contribution is 5.74. The molecule has 0 aromatic rings. The summed E-state index contributed by atoms with van der Waals surface area (Å²) in [5.74, 6) is 2.69. The number of rotatable bonds is 4. The van der Waals surface area contributed by atoms with Crippen LogP contribution in [0.25, 0.3) is 0 Å². The molecule has 4 saturated carbocycles. The lowest BCUT2D eigenvalue weighted by molar-refractivity contribution is -0.0153. The Hall–Kier alpha value is -0.730. The van der Waals surface area contributed by atoms with E-state index in [1.165, 1.54) is 38.5 Å². The standard InChI is InChI=1S/C16H28N2O/c1-3-4-5-18(2)15(19)17-16-9-12-6-13(10-16)8-14(7-12)11-16/h12-14H,3-11H2,1-2H3,(H,17,19). The number of amides is 2. The van der Waals surface area contributed by atoms with E-state index in [-0.39, 0.29) is 11.6 Å². The summed E-state index contributed by atoms with van der Waals surface area (Å²) < 4.78 is 0. The Bertz CT molecular complexity index is 317. The molecule has 0 aromatic carbocycles. The number of nitrogens with one attached hydrogen (secondary N) is 1. The average molecular weight is 264 g/mol. The van der Waals surface area contributed by atoms with Crippen LogP contribution in [0.15, 0.2) is 0 Å². The molecule has 3 nitrogen and oxygen atoms in total. The maximum Gasteiger partial charge on any atom is 0.317 e. The Kier molecular flexibility index (Phi) is 3.48. The summed E-state index contributed by atoms with van der Waals surface area (Å²) in [6, 6.07) is 0.162. The van der Waals surface area contributed by atoms with Crippen molar-refractivity contribution in [3.8, 4) is 0 Å². The molecule has 0 atom stereocenters. The summed E-state index contributed by atoms with van der Waals surface area (Å²) in [4.78, 5) is 14.2. The van der Waals surface area contributed by atoms with Crippen molar-refractivity contribution >= 4 is 6.03 Å². The van der Waals surface area contributed by atoms with Gasteiger partial charge in [0.25, 0.3) is 0 Å². The van der Waals surface area contributed by atoms with Crippen molar-refractivity contribution < 1.29 is 4.79 Å². The molecule has 3 heteroatoms. The quantitative estimate of drug-likeness (QED) is 0.829. The van der Waals surface area contributed by atoms with Crippen molar-refractivity contribution in [3.05, 3.63) is 0 Å². The maximum absolute atomic E-state index is 12.3. The lowest BCUT2D eigenvalue weighted by Crippen LogP contribution is -2.61. The molecule has 0 radical (unpaired) electrons. The van der Waals surface area contributed by atoms with E-state index in [0.29, 0.717) is 0 Å². The number of urea groups is 1. The van der Waals surface area contributed by atoms with Gasteiger partial charge in [0.15, 0.2) is 0 Å². The summed E-state index contributed by atoms with van der Waals surface area (Å²) >= 11 is 0. The van der Waals surface area contributed by atoms with Crippen molar-refractivity contribution in [1.82, 2.24) is 10.2 Å². The smallest absolute Gasteiger partial charge is 0.317 e. The molecule has 2 amide bonds. The van der Waals surface area contributed by atoms with E-state index in [1.807, 2.05) is 11.9 Å². The van der Waals surface area contributed by atoms with Gasteiger partial charge in [0.1, 0.15) is 0 Å². The molecule has 4 bridgehead atoms. The predicted octanol–water partition coefficient (Wildman–Crippen LogP) is 3.40. The third-order valence-corrected chi connectivity index (χ3v) is 5.60. The number of unbranched alkanes of at least 4 members (excludes halogenated alkanes) is 1. The molecule has 0 aliphatic heterocycles. The van der Waals surface area contributed by atoms with Crippen molar-refractivity contribution in [2.45, 2.75) is 63.8 Å². The Morgan fingerprint density at radius 3 is 2.16 bits per heavy atom. The van der Waals surface area contributed by atoms with Crippen LogP contribution in [0.5, 0.6) is 0 Å². The molecule has 4 aliphatic carbocycles. The minimum absolute atomic E-state index is 0.159. The van der Waals surface area contributed by atoms with E-state index in [4.69, 9.17) is 0 Å². The van der Waals surface area contributed by atoms with Gasteiger partial charge < -0.3 is 10.2 Å². The fraction of sp³-hybridized carbons (Fsp3) is 0.938. The van der Waals surface area contributed by atoms with Crippen LogP contribution in [0.3, 0.4) is 0 Å². The van der Waals surface area contributed by atoms with Crippen LogP contribution in [-0.4, -0.2) is 30.1 Å². The van der Waals surface area contributed by atoms with E-state index in [2.05, 4.69) is 12.2 Å². The summed E-state index contributed by atoms with van der Waals surface area (Å²) in [6.45, 7) is 3.06. The van der Waals surface area contributed by atoms with Crippen molar-refractivity contribution in [3.63, 3.8) is 0 Å². The highest BCUT2D eigenvalue weighted by Crippen LogP contribution is 2.55. The first kappa shape index (κ1) is 13.3. The normalized spacial score (nSPS) is 39.4. The molecule has 4 rings (SSSR count). The van der Waals surface area contributed by atoms with Gasteiger partial charge in [-0.3, -0.25) is 0 Å². The van der Waals surface area contributed by atoms with Crippen molar-refractivity contribution in [1.29, 1.82) is 0 Å². The molecule has 0 spiro atoms. The van der Waals surface area contributed by atoms with E-state index in [9.17, 15) is 4.79 Å². The van der Waals surface area contributed by atoms with E-state index >= 15 is 0 Å². The topological polar surface area (TPSA) is 32.3 Å². The first-order chi connectivity index (χ1) is 9.10. The maximum atomic E-state index is 12.3. The molecule has 0 heterocycles. The fourth-order valence-corrected chi connectivity index (χ4v) is 5.08. The zero-order valence-electron chi connectivity index (χ0n) is 12.5. The van der Waals surface area contributed by atoms with Gasteiger partial charge in [0.2, 0.25) is 0 Å². The Balaban J connectivity index is 1.61. The highest BCUT2D eigenvalue weighted by atomic mass is 16.2. The third-order valence-electron chi connectivity index (χ3n) is 5.60. The third kappa shape index (κ3) is 2.61. The average Bonchev–Trinajstić information content (AvgIpc) is 2.33. The van der Waals surface area contributed by atoms with Crippen LogP contribution in [0.1, 0.15) is 58.3 Å². The zero-order valence-corrected chi connectivity index (χ0v) is 12.5. The van der Waals surface area contributed by atoms with Crippen LogP contribution < -0.4 is 5.32 Å². The SMILES string of the molecule is CCCCN(C)C(=O)NC12CC3CC(CC(C3)C1)C2. The minimum atomic E-state index is 0.159.